The van der Waals surface area contributed by atoms with Gasteiger partial charge in [0.2, 0.25) is 5.95 Å². The first-order valence-electron chi connectivity index (χ1n) is 20.5. The zero-order valence-corrected chi connectivity index (χ0v) is 32.4. The molecule has 278 valence electrons. The van der Waals surface area contributed by atoms with Crippen LogP contribution in [0.2, 0.25) is 0 Å². The molecular weight excluding hydrogens is 729 g/mol. The molecule has 0 amide bonds. The molecule has 0 N–H and O–H groups in total. The third-order valence-corrected chi connectivity index (χ3v) is 12.5. The monoisotopic (exact) mass is 762 g/mol. The lowest BCUT2D eigenvalue weighted by molar-refractivity contribution is 1.02. The van der Waals surface area contributed by atoms with E-state index < -0.39 is 0 Å². The summed E-state index contributed by atoms with van der Waals surface area (Å²) in [6, 6.07) is 74.1. The SMILES string of the molecule is c1ccc(-c2ccc(-c3nc(-n4c5ccccc5c5c6c7ccccc7c7c8ccccc8n(-c8ccccc8)c7c6c6ccccc6c54)nc4ccccc34)cc2)cc1. The van der Waals surface area contributed by atoms with Crippen LogP contribution in [-0.2, 0) is 0 Å². The van der Waals surface area contributed by atoms with Crippen LogP contribution in [0.5, 0.6) is 0 Å². The molecule has 0 unspecified atom stereocenters. The number of hydrogen-bond acceptors (Lipinski definition) is 2. The maximum Gasteiger partial charge on any atom is 0.235 e. The highest BCUT2D eigenvalue weighted by Crippen LogP contribution is 2.50. The summed E-state index contributed by atoms with van der Waals surface area (Å²) < 4.78 is 4.81. The van der Waals surface area contributed by atoms with Gasteiger partial charge in [-0.1, -0.05) is 176 Å². The van der Waals surface area contributed by atoms with E-state index in [0.29, 0.717) is 5.95 Å². The number of benzene rings is 10. The van der Waals surface area contributed by atoms with Crippen LogP contribution in [0.25, 0.3) is 121 Å². The molecule has 13 rings (SSSR count). The van der Waals surface area contributed by atoms with Gasteiger partial charge >= 0.3 is 0 Å². The predicted molar refractivity (Wildman–Crippen MR) is 252 cm³/mol. The number of nitrogens with zero attached hydrogens (tertiary/aromatic N) is 4. The minimum Gasteiger partial charge on any atom is -0.309 e. The standard InChI is InChI=1S/C56H34N4/c1-3-17-35(18-4-1)36-31-33-37(34-32-36)53-43-25-11-14-28-46(43)57-56(58-53)60-48-30-16-13-27-45(48)52-50-40-22-8-7-21-39(40)49-44-26-12-15-29-47(44)59(38-19-5-2-6-20-38)55(49)51(50)41-23-9-10-24-42(41)54(52)60/h1-34H. The second kappa shape index (κ2) is 12.7. The number of para-hydroxylation sites is 4. The van der Waals surface area contributed by atoms with Crippen molar-refractivity contribution in [2.45, 2.75) is 0 Å². The van der Waals surface area contributed by atoms with Gasteiger partial charge in [-0.2, -0.15) is 0 Å². The average molecular weight is 763 g/mol. The van der Waals surface area contributed by atoms with Gasteiger partial charge in [-0.05, 0) is 57.6 Å². The van der Waals surface area contributed by atoms with Crippen molar-refractivity contribution in [2.24, 2.45) is 0 Å². The van der Waals surface area contributed by atoms with E-state index in [2.05, 4.69) is 215 Å². The van der Waals surface area contributed by atoms with Crippen LogP contribution < -0.4 is 0 Å². The van der Waals surface area contributed by atoms with Gasteiger partial charge in [0.15, 0.2) is 0 Å². The Labute approximate surface area is 344 Å². The lowest BCUT2D eigenvalue weighted by Gasteiger charge is -2.17. The minimum atomic E-state index is 0.648. The molecule has 0 aliphatic rings. The first-order chi connectivity index (χ1) is 29.8. The maximum absolute atomic E-state index is 5.55. The van der Waals surface area contributed by atoms with Crippen molar-refractivity contribution in [1.29, 1.82) is 0 Å². The number of fused-ring (bicyclic) bond motifs is 16. The molecule has 0 aliphatic carbocycles. The zero-order chi connectivity index (χ0) is 39.3. The molecular formula is C56H34N4. The van der Waals surface area contributed by atoms with Crippen molar-refractivity contribution in [1.82, 2.24) is 19.1 Å². The van der Waals surface area contributed by atoms with E-state index in [1.165, 1.54) is 70.6 Å². The quantitative estimate of drug-likeness (QED) is 0.167. The summed E-state index contributed by atoms with van der Waals surface area (Å²) in [7, 11) is 0. The van der Waals surface area contributed by atoms with E-state index >= 15 is 0 Å². The predicted octanol–water partition coefficient (Wildman–Crippen LogP) is 14.6. The smallest absolute Gasteiger partial charge is 0.235 e. The van der Waals surface area contributed by atoms with Crippen LogP contribution in [0, 0.1) is 0 Å². The normalized spacial score (nSPS) is 12.0. The Hall–Kier alpha value is -8.08. The Morgan fingerprint density at radius 3 is 1.45 bits per heavy atom. The molecule has 13 aromatic rings. The van der Waals surface area contributed by atoms with Crippen LogP contribution in [0.3, 0.4) is 0 Å². The van der Waals surface area contributed by atoms with Crippen LogP contribution >= 0.6 is 0 Å². The fourth-order valence-corrected chi connectivity index (χ4v) is 9.99. The first kappa shape index (κ1) is 32.9. The van der Waals surface area contributed by atoms with Crippen molar-refractivity contribution >= 4 is 86.8 Å². The largest absolute Gasteiger partial charge is 0.309 e. The number of rotatable bonds is 4. The van der Waals surface area contributed by atoms with Gasteiger partial charge in [0.25, 0.3) is 0 Å². The van der Waals surface area contributed by atoms with E-state index in [1.54, 1.807) is 0 Å². The molecule has 3 aromatic heterocycles. The fraction of sp³-hybridized carbons (Fsp3) is 0. The number of aromatic nitrogens is 4. The molecule has 10 aromatic carbocycles. The van der Waals surface area contributed by atoms with Crippen LogP contribution in [0.4, 0.5) is 0 Å². The van der Waals surface area contributed by atoms with Crippen molar-refractivity contribution in [3.05, 3.63) is 206 Å². The van der Waals surface area contributed by atoms with Crippen LogP contribution in [0.15, 0.2) is 206 Å². The van der Waals surface area contributed by atoms with Gasteiger partial charge < -0.3 is 4.57 Å². The summed E-state index contributed by atoms with van der Waals surface area (Å²) in [6.07, 6.45) is 0. The lowest BCUT2D eigenvalue weighted by atomic mass is 9.90. The molecule has 4 nitrogen and oxygen atoms in total. The molecule has 4 heteroatoms. The van der Waals surface area contributed by atoms with E-state index in [9.17, 15) is 0 Å². The molecule has 0 bridgehead atoms. The van der Waals surface area contributed by atoms with E-state index in [4.69, 9.17) is 9.97 Å². The summed E-state index contributed by atoms with van der Waals surface area (Å²) in [5.74, 6) is 0.648. The highest BCUT2D eigenvalue weighted by Gasteiger charge is 2.26. The highest BCUT2D eigenvalue weighted by molar-refractivity contribution is 6.44. The van der Waals surface area contributed by atoms with Crippen molar-refractivity contribution < 1.29 is 0 Å². The summed E-state index contributed by atoms with van der Waals surface area (Å²) in [5.41, 5.74) is 10.9. The Kier molecular flexibility index (Phi) is 6.98. The van der Waals surface area contributed by atoms with E-state index in [0.717, 1.165) is 44.3 Å². The van der Waals surface area contributed by atoms with E-state index in [1.807, 2.05) is 0 Å². The summed E-state index contributed by atoms with van der Waals surface area (Å²) >= 11 is 0. The Balaban J connectivity index is 1.21. The summed E-state index contributed by atoms with van der Waals surface area (Å²) in [5, 5.41) is 13.2. The topological polar surface area (TPSA) is 35.6 Å². The lowest BCUT2D eigenvalue weighted by Crippen LogP contribution is -2.04. The second-order valence-corrected chi connectivity index (χ2v) is 15.7. The molecule has 0 aliphatic heterocycles. The first-order valence-corrected chi connectivity index (χ1v) is 20.5. The van der Waals surface area contributed by atoms with Crippen molar-refractivity contribution in [3.8, 4) is 34.0 Å². The Morgan fingerprint density at radius 2 is 0.750 bits per heavy atom. The third-order valence-electron chi connectivity index (χ3n) is 12.5. The van der Waals surface area contributed by atoms with Crippen molar-refractivity contribution in [3.63, 3.8) is 0 Å². The Morgan fingerprint density at radius 1 is 0.283 bits per heavy atom. The molecule has 0 spiro atoms. The highest BCUT2D eigenvalue weighted by atomic mass is 15.2. The van der Waals surface area contributed by atoms with Gasteiger partial charge in [0.05, 0.1) is 33.3 Å². The summed E-state index contributed by atoms with van der Waals surface area (Å²) in [4.78, 5) is 10.9. The van der Waals surface area contributed by atoms with Gasteiger partial charge in [0.1, 0.15) is 0 Å². The van der Waals surface area contributed by atoms with Gasteiger partial charge in [-0.15, -0.1) is 0 Å². The maximum atomic E-state index is 5.55. The van der Waals surface area contributed by atoms with E-state index in [-0.39, 0.29) is 0 Å². The van der Waals surface area contributed by atoms with Gasteiger partial charge in [-0.25, -0.2) is 9.97 Å². The zero-order valence-electron chi connectivity index (χ0n) is 32.4. The molecule has 0 saturated carbocycles. The van der Waals surface area contributed by atoms with Gasteiger partial charge in [-0.3, -0.25) is 4.57 Å². The molecule has 60 heavy (non-hydrogen) atoms. The van der Waals surface area contributed by atoms with Gasteiger partial charge in [0, 0.05) is 54.3 Å². The molecule has 0 fully saturated rings. The molecule has 0 atom stereocenters. The van der Waals surface area contributed by atoms with Crippen LogP contribution in [0.1, 0.15) is 0 Å². The van der Waals surface area contributed by atoms with Crippen molar-refractivity contribution in [2.75, 3.05) is 0 Å². The fourth-order valence-electron chi connectivity index (χ4n) is 9.99. The Bertz CT molecular complexity index is 3860. The second-order valence-electron chi connectivity index (χ2n) is 15.7. The molecule has 0 radical (unpaired) electrons. The third kappa shape index (κ3) is 4.61. The minimum absolute atomic E-state index is 0.648. The molecule has 3 heterocycles. The molecule has 0 saturated heterocycles. The van der Waals surface area contributed by atoms with Crippen LogP contribution in [-0.4, -0.2) is 19.1 Å². The summed E-state index contributed by atoms with van der Waals surface area (Å²) in [6.45, 7) is 0. The average Bonchev–Trinajstić information content (AvgIpc) is 3.86. The number of hydrogen-bond donors (Lipinski definition) is 0.